The third-order valence-electron chi connectivity index (χ3n) is 4.04. The second-order valence-electron chi connectivity index (χ2n) is 5.51. The van der Waals surface area contributed by atoms with E-state index in [-0.39, 0.29) is 24.9 Å². The third-order valence-corrected chi connectivity index (χ3v) is 4.90. The molecule has 0 aliphatic carbocycles. The number of hydrogen-bond acceptors (Lipinski definition) is 6. The molecule has 1 aliphatic heterocycles. The van der Waals surface area contributed by atoms with E-state index in [2.05, 4.69) is 4.98 Å². The van der Waals surface area contributed by atoms with E-state index in [0.29, 0.717) is 17.0 Å². The van der Waals surface area contributed by atoms with Crippen molar-refractivity contribution < 1.29 is 19.1 Å². The van der Waals surface area contributed by atoms with Gasteiger partial charge >= 0.3 is 5.97 Å². The zero-order chi connectivity index (χ0) is 17.8. The number of nitrogens with zero attached hydrogens (tertiary/aromatic N) is 3. The largest absolute Gasteiger partial charge is 0.467 e. The molecule has 3 heterocycles. The van der Waals surface area contributed by atoms with Crippen molar-refractivity contribution in [2.45, 2.75) is 6.04 Å². The SMILES string of the molecule is COC(=O)C1CN(C(=O)c2cccs2)CCN1C(=O)c1cccnc1. The lowest BCUT2D eigenvalue weighted by molar-refractivity contribution is -0.147. The molecule has 1 saturated heterocycles. The molecule has 0 radical (unpaired) electrons. The average Bonchev–Trinajstić information content (AvgIpc) is 3.21. The van der Waals surface area contributed by atoms with Gasteiger partial charge in [-0.25, -0.2) is 4.79 Å². The molecule has 1 aliphatic rings. The predicted octanol–water partition coefficient (Wildman–Crippen LogP) is 1.28. The number of piperazine rings is 1. The van der Waals surface area contributed by atoms with Crippen LogP contribution >= 0.6 is 11.3 Å². The number of hydrogen-bond donors (Lipinski definition) is 0. The van der Waals surface area contributed by atoms with E-state index in [0.717, 1.165) is 0 Å². The predicted molar refractivity (Wildman–Crippen MR) is 91.3 cm³/mol. The van der Waals surface area contributed by atoms with Gasteiger partial charge in [-0.3, -0.25) is 14.6 Å². The van der Waals surface area contributed by atoms with E-state index >= 15 is 0 Å². The fraction of sp³-hybridized carbons (Fsp3) is 0.294. The Balaban J connectivity index is 1.80. The van der Waals surface area contributed by atoms with Crippen LogP contribution in [0.15, 0.2) is 42.0 Å². The normalized spacial score (nSPS) is 17.2. The second kappa shape index (κ2) is 7.43. The molecule has 3 rings (SSSR count). The number of thiophene rings is 1. The van der Waals surface area contributed by atoms with Crippen molar-refractivity contribution in [1.82, 2.24) is 14.8 Å². The minimum atomic E-state index is -0.838. The number of esters is 1. The van der Waals surface area contributed by atoms with Crippen LogP contribution in [0.1, 0.15) is 20.0 Å². The number of methoxy groups -OCH3 is 1. The van der Waals surface area contributed by atoms with Gasteiger partial charge in [-0.1, -0.05) is 6.07 Å². The Morgan fingerprint density at radius 1 is 1.20 bits per heavy atom. The lowest BCUT2D eigenvalue weighted by atomic mass is 10.1. The van der Waals surface area contributed by atoms with Gasteiger partial charge in [0.25, 0.3) is 11.8 Å². The second-order valence-corrected chi connectivity index (χ2v) is 6.46. The van der Waals surface area contributed by atoms with Crippen molar-refractivity contribution in [2.24, 2.45) is 0 Å². The highest BCUT2D eigenvalue weighted by Gasteiger charge is 2.38. The molecular weight excluding hydrogens is 342 g/mol. The highest BCUT2D eigenvalue weighted by molar-refractivity contribution is 7.12. The summed E-state index contributed by atoms with van der Waals surface area (Å²) in [5.41, 5.74) is 0.398. The van der Waals surface area contributed by atoms with Gasteiger partial charge in [0.1, 0.15) is 6.04 Å². The summed E-state index contributed by atoms with van der Waals surface area (Å²) >= 11 is 1.35. The summed E-state index contributed by atoms with van der Waals surface area (Å²) in [6, 6.07) is 6.02. The van der Waals surface area contributed by atoms with Gasteiger partial charge in [0.05, 0.1) is 24.1 Å². The quantitative estimate of drug-likeness (QED) is 0.772. The molecule has 1 unspecified atom stereocenters. The smallest absolute Gasteiger partial charge is 0.330 e. The Morgan fingerprint density at radius 3 is 2.68 bits per heavy atom. The Labute approximate surface area is 148 Å². The number of ether oxygens (including phenoxy) is 1. The summed E-state index contributed by atoms with van der Waals surface area (Å²) in [4.78, 5) is 45.0. The van der Waals surface area contributed by atoms with E-state index < -0.39 is 12.0 Å². The molecule has 0 spiro atoms. The van der Waals surface area contributed by atoms with Gasteiger partial charge < -0.3 is 14.5 Å². The molecule has 25 heavy (non-hydrogen) atoms. The van der Waals surface area contributed by atoms with Gasteiger partial charge in [0.2, 0.25) is 0 Å². The molecule has 130 valence electrons. The van der Waals surface area contributed by atoms with Crippen LogP contribution < -0.4 is 0 Å². The maximum atomic E-state index is 12.7. The molecule has 1 fully saturated rings. The van der Waals surface area contributed by atoms with Gasteiger partial charge in [-0.2, -0.15) is 0 Å². The van der Waals surface area contributed by atoms with E-state index in [1.54, 1.807) is 35.4 Å². The minimum Gasteiger partial charge on any atom is -0.467 e. The molecule has 7 nitrogen and oxygen atoms in total. The first-order valence-electron chi connectivity index (χ1n) is 7.73. The van der Waals surface area contributed by atoms with Crippen molar-refractivity contribution in [3.63, 3.8) is 0 Å². The van der Waals surface area contributed by atoms with Crippen molar-refractivity contribution in [1.29, 1.82) is 0 Å². The average molecular weight is 359 g/mol. The summed E-state index contributed by atoms with van der Waals surface area (Å²) in [5, 5.41) is 1.83. The third kappa shape index (κ3) is 3.53. The van der Waals surface area contributed by atoms with Gasteiger partial charge in [-0.05, 0) is 23.6 Å². The standard InChI is InChI=1S/C17H17N3O4S/c1-24-17(23)13-11-19(16(22)14-5-3-9-25-14)7-8-20(13)15(21)12-4-2-6-18-10-12/h2-6,9-10,13H,7-8,11H2,1H3. The summed E-state index contributed by atoms with van der Waals surface area (Å²) in [5.74, 6) is -0.981. The van der Waals surface area contributed by atoms with Crippen LogP contribution in [-0.4, -0.2) is 65.4 Å². The van der Waals surface area contributed by atoms with Crippen LogP contribution in [0.2, 0.25) is 0 Å². The molecule has 0 N–H and O–H groups in total. The lowest BCUT2D eigenvalue weighted by Crippen LogP contribution is -2.59. The minimum absolute atomic E-state index is 0.107. The molecule has 1 atom stereocenters. The molecule has 0 aromatic carbocycles. The van der Waals surface area contributed by atoms with Crippen LogP contribution in [0.5, 0.6) is 0 Å². The number of pyridine rings is 1. The number of amides is 2. The monoisotopic (exact) mass is 359 g/mol. The first-order valence-corrected chi connectivity index (χ1v) is 8.61. The number of aromatic nitrogens is 1. The Morgan fingerprint density at radius 2 is 2.04 bits per heavy atom. The Kier molecular flexibility index (Phi) is 5.08. The van der Waals surface area contributed by atoms with Crippen molar-refractivity contribution in [3.05, 3.63) is 52.5 Å². The molecule has 2 aromatic rings. The number of carbonyl (C=O) groups is 3. The van der Waals surface area contributed by atoms with Crippen LogP contribution in [0.25, 0.3) is 0 Å². The van der Waals surface area contributed by atoms with Crippen LogP contribution in [-0.2, 0) is 9.53 Å². The Bertz CT molecular complexity index is 763. The summed E-state index contributed by atoms with van der Waals surface area (Å²) in [6.07, 6.45) is 3.03. The first-order chi connectivity index (χ1) is 12.1. The van der Waals surface area contributed by atoms with Gasteiger partial charge in [0, 0.05) is 25.5 Å². The van der Waals surface area contributed by atoms with E-state index in [4.69, 9.17) is 4.74 Å². The van der Waals surface area contributed by atoms with Crippen molar-refractivity contribution in [3.8, 4) is 0 Å². The molecule has 8 heteroatoms. The van der Waals surface area contributed by atoms with Crippen molar-refractivity contribution >= 4 is 29.1 Å². The van der Waals surface area contributed by atoms with E-state index in [1.165, 1.54) is 29.5 Å². The van der Waals surface area contributed by atoms with Crippen LogP contribution in [0.4, 0.5) is 0 Å². The maximum Gasteiger partial charge on any atom is 0.330 e. The number of rotatable bonds is 3. The van der Waals surface area contributed by atoms with E-state index in [9.17, 15) is 14.4 Å². The van der Waals surface area contributed by atoms with Gasteiger partial charge in [-0.15, -0.1) is 11.3 Å². The summed E-state index contributed by atoms with van der Waals surface area (Å²) in [7, 11) is 1.27. The zero-order valence-electron chi connectivity index (χ0n) is 13.6. The van der Waals surface area contributed by atoms with Crippen molar-refractivity contribution in [2.75, 3.05) is 26.7 Å². The zero-order valence-corrected chi connectivity index (χ0v) is 14.4. The lowest BCUT2D eigenvalue weighted by Gasteiger charge is -2.39. The molecule has 0 saturated carbocycles. The summed E-state index contributed by atoms with van der Waals surface area (Å²) < 4.78 is 4.84. The molecule has 0 bridgehead atoms. The van der Waals surface area contributed by atoms with Crippen LogP contribution in [0.3, 0.4) is 0 Å². The van der Waals surface area contributed by atoms with E-state index in [1.807, 2.05) is 5.38 Å². The molecule has 2 aromatic heterocycles. The highest BCUT2D eigenvalue weighted by Crippen LogP contribution is 2.19. The summed E-state index contributed by atoms with van der Waals surface area (Å²) in [6.45, 7) is 0.719. The van der Waals surface area contributed by atoms with Crippen LogP contribution in [0, 0.1) is 0 Å². The Hall–Kier alpha value is -2.74. The number of carbonyl (C=O) groups excluding carboxylic acids is 3. The topological polar surface area (TPSA) is 79.8 Å². The maximum absolute atomic E-state index is 12.7. The highest BCUT2D eigenvalue weighted by atomic mass is 32.1. The molecular formula is C17H17N3O4S. The fourth-order valence-electron chi connectivity index (χ4n) is 2.76. The fourth-order valence-corrected chi connectivity index (χ4v) is 3.45. The van der Waals surface area contributed by atoms with Gasteiger partial charge in [0.15, 0.2) is 0 Å². The molecule has 2 amide bonds. The first kappa shape index (κ1) is 17.1.